The predicted octanol–water partition coefficient (Wildman–Crippen LogP) is 9.41. The number of esters is 1. The lowest BCUT2D eigenvalue weighted by Crippen LogP contribution is -2.25. The number of carbonyl (C=O) groups excluding carboxylic acids is 1. The summed E-state index contributed by atoms with van der Waals surface area (Å²) in [6.45, 7) is 2.10. The second kappa shape index (κ2) is 14.1. The number of thiophene rings is 1. The first kappa shape index (κ1) is 31.2. The molecule has 234 valence electrons. The van der Waals surface area contributed by atoms with Crippen LogP contribution in [0.2, 0.25) is 0 Å². The van der Waals surface area contributed by atoms with Gasteiger partial charge >= 0.3 is 5.97 Å². The zero-order valence-electron chi connectivity index (χ0n) is 26.3. The van der Waals surface area contributed by atoms with Crippen molar-refractivity contribution in [2.24, 2.45) is 4.74 Å². The summed E-state index contributed by atoms with van der Waals surface area (Å²) in [7, 11) is -2.70. The van der Waals surface area contributed by atoms with E-state index >= 15 is 0 Å². The number of hydrogen-bond donors (Lipinski definition) is 0. The molecule has 5 aromatic carbocycles. The van der Waals surface area contributed by atoms with Crippen LogP contribution in [0.4, 0.5) is 5.69 Å². The summed E-state index contributed by atoms with van der Waals surface area (Å²) in [5.74, 6) is -0.407. The van der Waals surface area contributed by atoms with Gasteiger partial charge in [-0.25, -0.2) is 4.79 Å². The van der Waals surface area contributed by atoms with Crippen LogP contribution in [0.1, 0.15) is 11.8 Å². The van der Waals surface area contributed by atoms with Crippen molar-refractivity contribution in [2.45, 2.75) is 6.92 Å². The Bertz CT molecular complexity index is 2150. The minimum atomic E-state index is -2.70. The van der Waals surface area contributed by atoms with Crippen LogP contribution in [0.3, 0.4) is 0 Å². The van der Waals surface area contributed by atoms with Gasteiger partial charge in [-0.2, -0.15) is 0 Å². The molecule has 0 atom stereocenters. The third kappa shape index (κ3) is 6.04. The lowest BCUT2D eigenvalue weighted by atomic mass is 9.96. The van der Waals surface area contributed by atoms with Gasteiger partial charge in [-0.3, -0.25) is 4.74 Å². The fourth-order valence-corrected chi connectivity index (χ4v) is 10.5. The highest BCUT2D eigenvalue weighted by atomic mass is 32.1. The number of fused-ring (bicyclic) bond motifs is 1. The van der Waals surface area contributed by atoms with E-state index in [1.54, 1.807) is 6.92 Å². The fourth-order valence-electron chi connectivity index (χ4n) is 5.92. The number of aromatic nitrogens is 2. The van der Waals surface area contributed by atoms with Crippen LogP contribution < -0.4 is 15.9 Å². The Labute approximate surface area is 284 Å². The number of hydrogen-bond acceptors (Lipinski definition) is 6. The molecule has 0 bridgehead atoms. The topological polar surface area (TPSA) is 64.4 Å². The molecular formula is C41H32N3O2PS. The Hall–Kier alpha value is -5.42. The number of nitrogens with zero attached hydrogens (tertiary/aromatic N) is 3. The molecule has 0 saturated carbocycles. The van der Waals surface area contributed by atoms with Crippen LogP contribution in [0.15, 0.2) is 162 Å². The molecule has 7 aromatic rings. The van der Waals surface area contributed by atoms with Gasteiger partial charge in [0.25, 0.3) is 0 Å². The third-order valence-electron chi connectivity index (χ3n) is 8.02. The highest BCUT2D eigenvalue weighted by Gasteiger charge is 2.30. The molecule has 0 unspecified atom stereocenters. The molecule has 5 nitrogen and oxygen atoms in total. The number of carbonyl (C=O) groups is 1. The van der Waals surface area contributed by atoms with Crippen molar-refractivity contribution in [3.63, 3.8) is 0 Å². The predicted molar refractivity (Wildman–Crippen MR) is 201 cm³/mol. The molecule has 0 amide bonds. The molecule has 0 aliphatic heterocycles. The van der Waals surface area contributed by atoms with Crippen molar-refractivity contribution in [2.75, 3.05) is 6.61 Å². The molecule has 0 N–H and O–H groups in total. The van der Waals surface area contributed by atoms with Gasteiger partial charge in [-0.15, -0.1) is 21.5 Å². The molecule has 7 heteroatoms. The first-order valence-electron chi connectivity index (χ1n) is 15.8. The summed E-state index contributed by atoms with van der Waals surface area (Å²) in [6, 6.07) is 52.1. The SMILES string of the molecule is CCOC(=O)/C=C/c1sc2nnc(-c3ccccc3)c(-c3ccccc3)c2c1N=P(c1ccccc1)(c1ccccc1)c1ccccc1. The molecular weight excluding hydrogens is 630 g/mol. The van der Waals surface area contributed by atoms with Gasteiger partial charge in [0.15, 0.2) is 0 Å². The maximum Gasteiger partial charge on any atom is 0.330 e. The summed E-state index contributed by atoms with van der Waals surface area (Å²) in [5, 5.41) is 13.9. The van der Waals surface area contributed by atoms with Crippen LogP contribution in [0.25, 0.3) is 38.7 Å². The minimum Gasteiger partial charge on any atom is -0.463 e. The van der Waals surface area contributed by atoms with E-state index in [4.69, 9.17) is 19.7 Å². The van der Waals surface area contributed by atoms with E-state index in [0.717, 1.165) is 59.1 Å². The van der Waals surface area contributed by atoms with E-state index in [0.29, 0.717) is 6.61 Å². The van der Waals surface area contributed by atoms with Crippen molar-refractivity contribution in [3.05, 3.63) is 163 Å². The first-order chi connectivity index (χ1) is 23.7. The summed E-state index contributed by atoms with van der Waals surface area (Å²) in [6.07, 6.45) is 3.30. The Kier molecular flexibility index (Phi) is 9.19. The standard InChI is InChI=1S/C41H32N3O2PS/c1-2-46-36(45)29-28-35-40(38-37(30-18-8-3-9-19-30)39(42-43-41(38)48-35)31-20-10-4-11-21-31)44-47(32-22-12-5-13-23-32,33-24-14-6-15-25-33)34-26-16-7-17-27-34/h3-29H,2H2,1H3/b29-28+. The molecule has 0 saturated heterocycles. The molecule has 48 heavy (non-hydrogen) atoms. The summed E-state index contributed by atoms with van der Waals surface area (Å²) in [4.78, 5) is 14.2. The lowest BCUT2D eigenvalue weighted by Gasteiger charge is -2.27. The third-order valence-corrected chi connectivity index (χ3v) is 12.7. The van der Waals surface area contributed by atoms with E-state index in [1.807, 2.05) is 60.7 Å². The van der Waals surface area contributed by atoms with Crippen LogP contribution >= 0.6 is 18.4 Å². The van der Waals surface area contributed by atoms with Crippen molar-refractivity contribution in [3.8, 4) is 22.4 Å². The molecule has 2 heterocycles. The van der Waals surface area contributed by atoms with Crippen LogP contribution in [-0.4, -0.2) is 22.8 Å². The molecule has 0 spiro atoms. The van der Waals surface area contributed by atoms with Gasteiger partial charge in [-0.1, -0.05) is 152 Å². The van der Waals surface area contributed by atoms with E-state index in [9.17, 15) is 4.79 Å². The van der Waals surface area contributed by atoms with Crippen molar-refractivity contribution in [1.82, 2.24) is 10.2 Å². The Morgan fingerprint density at radius 1 is 0.688 bits per heavy atom. The normalized spacial score (nSPS) is 11.5. The number of benzene rings is 5. The highest BCUT2D eigenvalue weighted by molar-refractivity contribution is 7.87. The van der Waals surface area contributed by atoms with Gasteiger partial charge in [0.05, 0.1) is 24.2 Å². The maximum atomic E-state index is 12.7. The van der Waals surface area contributed by atoms with Gasteiger partial charge < -0.3 is 4.74 Å². The summed E-state index contributed by atoms with van der Waals surface area (Å²) < 4.78 is 11.3. The number of ether oxygens (including phenoxy) is 1. The second-order valence-corrected chi connectivity index (χ2v) is 15.0. The Morgan fingerprint density at radius 2 is 1.17 bits per heavy atom. The largest absolute Gasteiger partial charge is 0.463 e. The smallest absolute Gasteiger partial charge is 0.330 e. The van der Waals surface area contributed by atoms with Gasteiger partial charge in [0.1, 0.15) is 10.5 Å². The highest BCUT2D eigenvalue weighted by Crippen LogP contribution is 2.54. The van der Waals surface area contributed by atoms with Crippen LogP contribution in [0.5, 0.6) is 0 Å². The summed E-state index contributed by atoms with van der Waals surface area (Å²) >= 11 is 1.48. The van der Waals surface area contributed by atoms with Crippen molar-refractivity contribution in [1.29, 1.82) is 0 Å². The fraction of sp³-hybridized carbons (Fsp3) is 0.0488. The van der Waals surface area contributed by atoms with Crippen LogP contribution in [-0.2, 0) is 9.53 Å². The lowest BCUT2D eigenvalue weighted by molar-refractivity contribution is -0.137. The Balaban J connectivity index is 1.68. The van der Waals surface area contributed by atoms with Crippen LogP contribution in [0, 0.1) is 0 Å². The second-order valence-electron chi connectivity index (χ2n) is 11.0. The quantitative estimate of drug-likeness (QED) is 0.0879. The molecule has 2 aromatic heterocycles. The molecule has 0 aliphatic rings. The van der Waals surface area contributed by atoms with E-state index in [2.05, 4.69) is 97.1 Å². The van der Waals surface area contributed by atoms with Crippen molar-refractivity contribution < 1.29 is 9.53 Å². The monoisotopic (exact) mass is 661 g/mol. The van der Waals surface area contributed by atoms with E-state index in [-0.39, 0.29) is 0 Å². The number of rotatable bonds is 9. The summed E-state index contributed by atoms with van der Waals surface area (Å²) in [5.41, 5.74) is 4.46. The zero-order valence-corrected chi connectivity index (χ0v) is 28.0. The average molecular weight is 662 g/mol. The van der Waals surface area contributed by atoms with Gasteiger partial charge in [0.2, 0.25) is 0 Å². The van der Waals surface area contributed by atoms with Gasteiger partial charge in [-0.05, 0) is 18.6 Å². The first-order valence-corrected chi connectivity index (χ1v) is 18.3. The zero-order chi connectivity index (χ0) is 32.8. The average Bonchev–Trinajstić information content (AvgIpc) is 3.51. The minimum absolute atomic E-state index is 0.293. The molecule has 0 fully saturated rings. The van der Waals surface area contributed by atoms with Crippen molar-refractivity contribution >= 4 is 62.3 Å². The molecule has 0 aliphatic carbocycles. The Morgan fingerprint density at radius 3 is 1.67 bits per heavy atom. The molecule has 0 radical (unpaired) electrons. The van der Waals surface area contributed by atoms with E-state index < -0.39 is 13.0 Å². The molecule has 7 rings (SSSR count). The maximum absolute atomic E-state index is 12.7. The van der Waals surface area contributed by atoms with E-state index in [1.165, 1.54) is 17.4 Å². The van der Waals surface area contributed by atoms with Gasteiger partial charge in [0, 0.05) is 38.5 Å².